The number of rotatable bonds is 7. The van der Waals surface area contributed by atoms with Gasteiger partial charge in [0.25, 0.3) is 15.9 Å². The summed E-state index contributed by atoms with van der Waals surface area (Å²) in [5.41, 5.74) is 3.20. The molecule has 15 heteroatoms. The van der Waals surface area contributed by atoms with Gasteiger partial charge < -0.3 is 25.5 Å². The Morgan fingerprint density at radius 3 is 2.17 bits per heavy atom. The lowest BCUT2D eigenvalue weighted by molar-refractivity contribution is -0.192. The highest BCUT2D eigenvalue weighted by atomic mass is 32.2. The number of likely N-dealkylation sites (N-methyl/N-ethyl adjacent to an activating group) is 2. The fourth-order valence-corrected chi connectivity index (χ4v) is 4.75. The molecule has 1 saturated heterocycles. The number of carbonyl (C=O) groups excluding carboxylic acids is 2. The van der Waals surface area contributed by atoms with Crippen molar-refractivity contribution in [2.45, 2.75) is 24.9 Å². The van der Waals surface area contributed by atoms with Gasteiger partial charge in [0.1, 0.15) is 0 Å². The van der Waals surface area contributed by atoms with Gasteiger partial charge in [0, 0.05) is 45.8 Å². The van der Waals surface area contributed by atoms with Crippen LogP contribution in [0.2, 0.25) is 0 Å². The predicted molar refractivity (Wildman–Crippen MR) is 143 cm³/mol. The molecule has 1 fully saturated rings. The minimum atomic E-state index is -5.08. The van der Waals surface area contributed by atoms with Gasteiger partial charge in [0.2, 0.25) is 5.91 Å². The summed E-state index contributed by atoms with van der Waals surface area (Å²) >= 11 is 0. The molecule has 220 valence electrons. The lowest BCUT2D eigenvalue weighted by atomic mass is 10.1. The molecule has 4 N–H and O–H groups in total. The number of hydrogen-bond acceptors (Lipinski definition) is 7. The molecular weight excluding hydrogens is 555 g/mol. The number of benzene rings is 2. The molecule has 0 radical (unpaired) electrons. The van der Waals surface area contributed by atoms with Crippen LogP contribution >= 0.6 is 0 Å². The fourth-order valence-electron chi connectivity index (χ4n) is 3.60. The second kappa shape index (κ2) is 13.5. The first-order chi connectivity index (χ1) is 18.6. The van der Waals surface area contributed by atoms with Gasteiger partial charge in [0.05, 0.1) is 22.8 Å². The van der Waals surface area contributed by atoms with Crippen molar-refractivity contribution in [3.05, 3.63) is 53.1 Å². The van der Waals surface area contributed by atoms with Crippen LogP contribution in [0.5, 0.6) is 0 Å². The molecule has 2 aromatic rings. The number of piperazine rings is 1. The van der Waals surface area contributed by atoms with Crippen LogP contribution < -0.4 is 20.3 Å². The van der Waals surface area contributed by atoms with Crippen molar-refractivity contribution in [3.63, 3.8) is 0 Å². The number of carboxylic acid groups (broad SMARTS) is 1. The monoisotopic (exact) mass is 587 g/mol. The van der Waals surface area contributed by atoms with Crippen LogP contribution in [0.1, 0.15) is 21.5 Å². The Labute approximate surface area is 230 Å². The minimum Gasteiger partial charge on any atom is -0.475 e. The largest absolute Gasteiger partial charge is 0.490 e. The normalized spacial score (nSPS) is 13.5. The number of aryl methyl sites for hydroxylation is 2. The molecular formula is C25H32F3N5O6S. The Morgan fingerprint density at radius 2 is 1.65 bits per heavy atom. The van der Waals surface area contributed by atoms with Crippen molar-refractivity contribution in [2.24, 2.45) is 0 Å². The van der Waals surface area contributed by atoms with Crippen LogP contribution in [-0.4, -0.2) is 89.2 Å². The van der Waals surface area contributed by atoms with Crippen LogP contribution in [0, 0.1) is 13.8 Å². The molecule has 1 aliphatic rings. The summed E-state index contributed by atoms with van der Waals surface area (Å²) in [5.74, 6) is -3.43. The first-order valence-electron chi connectivity index (χ1n) is 12.0. The predicted octanol–water partition coefficient (Wildman–Crippen LogP) is 1.97. The topological polar surface area (TPSA) is 148 Å². The van der Waals surface area contributed by atoms with E-state index in [-0.39, 0.29) is 28.8 Å². The zero-order valence-corrected chi connectivity index (χ0v) is 23.2. The Balaban J connectivity index is 0.000000708. The van der Waals surface area contributed by atoms with Crippen molar-refractivity contribution >= 4 is 39.2 Å². The molecule has 1 heterocycles. The van der Waals surface area contributed by atoms with E-state index in [0.717, 1.165) is 24.2 Å². The summed E-state index contributed by atoms with van der Waals surface area (Å²) in [6, 6.07) is 9.93. The maximum absolute atomic E-state index is 13.2. The Kier molecular flexibility index (Phi) is 10.9. The van der Waals surface area contributed by atoms with Crippen LogP contribution in [-0.2, 0) is 19.6 Å². The average molecular weight is 588 g/mol. The quantitative estimate of drug-likeness (QED) is 0.385. The number of sulfonamides is 1. The van der Waals surface area contributed by atoms with E-state index in [4.69, 9.17) is 9.90 Å². The third kappa shape index (κ3) is 8.84. The second-order valence-electron chi connectivity index (χ2n) is 8.96. The van der Waals surface area contributed by atoms with Gasteiger partial charge in [-0.3, -0.25) is 14.3 Å². The first kappa shape index (κ1) is 32.4. The Bertz CT molecular complexity index is 1340. The summed E-state index contributed by atoms with van der Waals surface area (Å²) in [6.07, 6.45) is -5.08. The second-order valence-corrected chi connectivity index (χ2v) is 10.6. The number of carbonyl (C=O) groups is 3. The molecule has 1 aliphatic heterocycles. The van der Waals surface area contributed by atoms with Gasteiger partial charge in [-0.15, -0.1) is 0 Å². The zero-order valence-electron chi connectivity index (χ0n) is 22.4. The number of anilines is 2. The summed E-state index contributed by atoms with van der Waals surface area (Å²) in [5, 5.41) is 12.9. The van der Waals surface area contributed by atoms with Gasteiger partial charge in [-0.1, -0.05) is 6.07 Å². The highest BCUT2D eigenvalue weighted by Crippen LogP contribution is 2.30. The van der Waals surface area contributed by atoms with Crippen molar-refractivity contribution in [1.29, 1.82) is 0 Å². The lowest BCUT2D eigenvalue weighted by Crippen LogP contribution is -2.44. The number of hydrogen-bond donors (Lipinski definition) is 4. The summed E-state index contributed by atoms with van der Waals surface area (Å²) < 4.78 is 60.8. The number of halogens is 3. The molecule has 11 nitrogen and oxygen atoms in total. The molecule has 3 rings (SSSR count). The number of carboxylic acids is 1. The smallest absolute Gasteiger partial charge is 0.475 e. The first-order valence-corrected chi connectivity index (χ1v) is 13.5. The molecule has 0 saturated carbocycles. The highest BCUT2D eigenvalue weighted by molar-refractivity contribution is 7.92. The molecule has 40 heavy (non-hydrogen) atoms. The fraction of sp³-hybridized carbons (Fsp3) is 0.400. The van der Waals surface area contributed by atoms with Gasteiger partial charge in [-0.05, 0) is 55.3 Å². The molecule has 0 bridgehead atoms. The maximum atomic E-state index is 13.2. The third-order valence-corrected chi connectivity index (χ3v) is 7.35. The molecule has 0 unspecified atom stereocenters. The van der Waals surface area contributed by atoms with Gasteiger partial charge in [0.15, 0.2) is 0 Å². The van der Waals surface area contributed by atoms with Crippen LogP contribution in [0.25, 0.3) is 0 Å². The molecule has 0 atom stereocenters. The van der Waals surface area contributed by atoms with Crippen molar-refractivity contribution < 1.29 is 41.1 Å². The summed E-state index contributed by atoms with van der Waals surface area (Å²) in [4.78, 5) is 37.0. The molecule has 0 aliphatic carbocycles. The number of amides is 2. The van der Waals surface area contributed by atoms with Crippen molar-refractivity contribution in [2.75, 3.05) is 56.4 Å². The van der Waals surface area contributed by atoms with E-state index < -0.39 is 22.2 Å². The standard InChI is InChI=1S/C23H31N5O4S.C2HF3O2/c1-16-5-7-19(13-17(16)2)33(31,32)26-20-14-18(23(30)27(4)15-22(29)24-3)6-8-21(20)28-11-9-25-10-12-28;3-2(4,5)1(6)7/h5-8,13-14,25-26H,9-12,15H2,1-4H3,(H,24,29);(H,6,7). The van der Waals surface area contributed by atoms with Crippen molar-refractivity contribution in [1.82, 2.24) is 15.5 Å². The number of nitrogens with zero attached hydrogens (tertiary/aromatic N) is 2. The van der Waals surface area contributed by atoms with E-state index in [1.165, 1.54) is 19.0 Å². The van der Waals surface area contributed by atoms with E-state index in [9.17, 15) is 31.2 Å². The minimum absolute atomic E-state index is 0.0986. The Hall–Kier alpha value is -3.85. The zero-order chi connectivity index (χ0) is 30.3. The van der Waals surface area contributed by atoms with Crippen LogP contribution in [0.15, 0.2) is 41.3 Å². The molecule has 2 amide bonds. The van der Waals surface area contributed by atoms with E-state index in [1.54, 1.807) is 36.4 Å². The summed E-state index contributed by atoms with van der Waals surface area (Å²) in [6.45, 7) is 6.66. The number of nitrogens with one attached hydrogen (secondary N) is 3. The highest BCUT2D eigenvalue weighted by Gasteiger charge is 2.38. The number of alkyl halides is 3. The average Bonchev–Trinajstić information content (AvgIpc) is 2.89. The van der Waals surface area contributed by atoms with E-state index in [0.29, 0.717) is 24.5 Å². The van der Waals surface area contributed by atoms with E-state index in [2.05, 4.69) is 20.3 Å². The maximum Gasteiger partial charge on any atom is 0.490 e. The third-order valence-electron chi connectivity index (χ3n) is 5.98. The summed E-state index contributed by atoms with van der Waals surface area (Å²) in [7, 11) is -0.850. The van der Waals surface area contributed by atoms with E-state index in [1.807, 2.05) is 13.8 Å². The van der Waals surface area contributed by atoms with Gasteiger partial charge >= 0.3 is 12.1 Å². The number of aliphatic carboxylic acids is 1. The van der Waals surface area contributed by atoms with E-state index >= 15 is 0 Å². The van der Waals surface area contributed by atoms with Gasteiger partial charge in [-0.25, -0.2) is 13.2 Å². The molecule has 2 aromatic carbocycles. The van der Waals surface area contributed by atoms with Crippen LogP contribution in [0.4, 0.5) is 24.5 Å². The molecule has 0 aromatic heterocycles. The SMILES string of the molecule is CNC(=O)CN(C)C(=O)c1ccc(N2CCNCC2)c(NS(=O)(=O)c2ccc(C)c(C)c2)c1.O=C(O)C(F)(F)F. The van der Waals surface area contributed by atoms with Crippen molar-refractivity contribution in [3.8, 4) is 0 Å². The van der Waals surface area contributed by atoms with Gasteiger partial charge in [-0.2, -0.15) is 13.2 Å². The lowest BCUT2D eigenvalue weighted by Gasteiger charge is -2.31. The Morgan fingerprint density at radius 1 is 1.05 bits per heavy atom. The molecule has 0 spiro atoms. The van der Waals surface area contributed by atoms with Crippen LogP contribution in [0.3, 0.4) is 0 Å².